The molecular weight excluding hydrogens is 262 g/mol. The van der Waals surface area contributed by atoms with Gasteiger partial charge in [0.1, 0.15) is 12.2 Å². The van der Waals surface area contributed by atoms with Crippen molar-refractivity contribution in [2.45, 2.75) is 24.2 Å². The molecule has 2 rings (SSSR count). The van der Waals surface area contributed by atoms with Crippen molar-refractivity contribution in [1.82, 2.24) is 15.0 Å². The van der Waals surface area contributed by atoms with Gasteiger partial charge in [0.05, 0.1) is 6.61 Å². The molecule has 0 unspecified atom stereocenters. The van der Waals surface area contributed by atoms with Gasteiger partial charge < -0.3 is 25.3 Å². The van der Waals surface area contributed by atoms with Gasteiger partial charge in [0.2, 0.25) is 5.72 Å². The lowest BCUT2D eigenvalue weighted by molar-refractivity contribution is -0.186. The molecule has 10 nitrogen and oxygen atoms in total. The first-order valence-electron chi connectivity index (χ1n) is 5.33. The molecule has 19 heavy (non-hydrogen) atoms. The van der Waals surface area contributed by atoms with Crippen LogP contribution in [0.4, 0.5) is 0 Å². The van der Waals surface area contributed by atoms with Crippen molar-refractivity contribution in [3.63, 3.8) is 0 Å². The highest BCUT2D eigenvalue weighted by atomic mass is 16.6. The van der Waals surface area contributed by atoms with Crippen LogP contribution in [0.2, 0.25) is 0 Å². The molecule has 10 heteroatoms. The number of nitrogens with zero attached hydrogens (tertiary/aromatic N) is 1. The highest BCUT2D eigenvalue weighted by Crippen LogP contribution is 2.35. The first kappa shape index (κ1) is 13.9. The van der Waals surface area contributed by atoms with E-state index in [1.807, 2.05) is 4.98 Å². The van der Waals surface area contributed by atoms with Crippen LogP contribution in [-0.4, -0.2) is 54.6 Å². The molecule has 1 aromatic heterocycles. The third kappa shape index (κ3) is 2.10. The van der Waals surface area contributed by atoms with Crippen LogP contribution in [0.1, 0.15) is 6.23 Å². The van der Waals surface area contributed by atoms with Crippen LogP contribution in [0, 0.1) is 0 Å². The molecule has 1 aliphatic heterocycles. The van der Waals surface area contributed by atoms with Crippen LogP contribution in [-0.2, 0) is 4.74 Å². The summed E-state index contributed by atoms with van der Waals surface area (Å²) >= 11 is 0. The Balaban J connectivity index is 2.48. The average Bonchev–Trinajstić information content (AvgIpc) is 2.63. The van der Waals surface area contributed by atoms with Gasteiger partial charge in [-0.3, -0.25) is 14.3 Å². The van der Waals surface area contributed by atoms with Gasteiger partial charge >= 0.3 is 5.69 Å². The van der Waals surface area contributed by atoms with Crippen molar-refractivity contribution in [2.75, 3.05) is 6.61 Å². The largest absolute Gasteiger partial charge is 0.394 e. The van der Waals surface area contributed by atoms with Crippen molar-refractivity contribution in [2.24, 2.45) is 0 Å². The molecule has 4 atom stereocenters. The number of H-pyrrole nitrogens is 1. The number of ether oxygens (including phenoxy) is 1. The number of aliphatic hydroxyl groups is 3. The monoisotopic (exact) mass is 275 g/mol. The molecule has 0 aliphatic carbocycles. The Kier molecular flexibility index (Phi) is 3.54. The third-order valence-corrected chi connectivity index (χ3v) is 2.95. The van der Waals surface area contributed by atoms with E-state index in [1.54, 1.807) is 0 Å². The second-order valence-corrected chi connectivity index (χ2v) is 4.11. The molecule has 106 valence electrons. The van der Waals surface area contributed by atoms with Crippen LogP contribution in [0.25, 0.3) is 0 Å². The average molecular weight is 275 g/mol. The molecular formula is C9H13N3O7. The van der Waals surface area contributed by atoms with Gasteiger partial charge in [-0.2, -0.15) is 5.48 Å². The minimum Gasteiger partial charge on any atom is -0.394 e. The molecule has 0 saturated carbocycles. The van der Waals surface area contributed by atoms with E-state index in [4.69, 9.17) is 15.1 Å². The van der Waals surface area contributed by atoms with Gasteiger partial charge in [0, 0.05) is 12.3 Å². The van der Waals surface area contributed by atoms with Gasteiger partial charge in [0.25, 0.3) is 5.56 Å². The number of hydroxylamine groups is 1. The fourth-order valence-corrected chi connectivity index (χ4v) is 1.93. The molecule has 1 saturated heterocycles. The first-order valence-corrected chi connectivity index (χ1v) is 5.33. The van der Waals surface area contributed by atoms with Crippen LogP contribution in [0.5, 0.6) is 0 Å². The zero-order chi connectivity index (χ0) is 14.2. The molecule has 0 spiro atoms. The van der Waals surface area contributed by atoms with E-state index in [2.05, 4.69) is 0 Å². The zero-order valence-electron chi connectivity index (χ0n) is 9.55. The van der Waals surface area contributed by atoms with Crippen molar-refractivity contribution in [1.29, 1.82) is 0 Å². The van der Waals surface area contributed by atoms with E-state index in [-0.39, 0.29) is 0 Å². The van der Waals surface area contributed by atoms with Crippen LogP contribution >= 0.6 is 0 Å². The number of hydrogen-bond donors (Lipinski definition) is 6. The molecule has 2 heterocycles. The zero-order valence-corrected chi connectivity index (χ0v) is 9.55. The lowest BCUT2D eigenvalue weighted by Crippen LogP contribution is -2.58. The summed E-state index contributed by atoms with van der Waals surface area (Å²) in [4.78, 5) is 24.5. The number of aromatic nitrogens is 2. The Hall–Kier alpha value is -1.56. The Morgan fingerprint density at radius 1 is 1.53 bits per heavy atom. The summed E-state index contributed by atoms with van der Waals surface area (Å²) in [6.45, 7) is -0.639. The standard InChI is InChI=1S/C9H13N3O7/c13-3-4-6(15)9(17,11-18)7(19-4)12-2-1-5(14)10-8(12)16/h1-2,4,6-7,11,13,15,17-18H,3H2,(H,10,14,16)/t4-,6-,7-,9-/m1/s1. The molecule has 1 fully saturated rings. The molecule has 0 aromatic carbocycles. The first-order chi connectivity index (χ1) is 8.93. The summed E-state index contributed by atoms with van der Waals surface area (Å²) in [5.74, 6) is 0. The number of aromatic amines is 1. The van der Waals surface area contributed by atoms with Crippen molar-refractivity contribution in [3.8, 4) is 0 Å². The number of rotatable bonds is 3. The molecule has 0 bridgehead atoms. The van der Waals surface area contributed by atoms with E-state index in [0.717, 1.165) is 16.8 Å². The third-order valence-electron chi connectivity index (χ3n) is 2.95. The van der Waals surface area contributed by atoms with Gasteiger partial charge in [-0.25, -0.2) is 4.79 Å². The topological polar surface area (TPSA) is 157 Å². The van der Waals surface area contributed by atoms with Crippen LogP contribution < -0.4 is 16.7 Å². The fourth-order valence-electron chi connectivity index (χ4n) is 1.93. The van der Waals surface area contributed by atoms with E-state index in [1.165, 1.54) is 5.48 Å². The van der Waals surface area contributed by atoms with Crippen molar-refractivity contribution >= 4 is 0 Å². The van der Waals surface area contributed by atoms with Crippen LogP contribution in [0.15, 0.2) is 21.9 Å². The summed E-state index contributed by atoms with van der Waals surface area (Å²) in [6, 6.07) is 1.00. The summed E-state index contributed by atoms with van der Waals surface area (Å²) in [6.07, 6.45) is -3.41. The summed E-state index contributed by atoms with van der Waals surface area (Å²) in [7, 11) is 0. The Labute approximate surface area is 105 Å². The van der Waals surface area contributed by atoms with Gasteiger partial charge in [0.15, 0.2) is 6.23 Å². The van der Waals surface area contributed by atoms with Crippen molar-refractivity contribution in [3.05, 3.63) is 33.1 Å². The molecule has 0 amide bonds. The minimum atomic E-state index is -2.41. The summed E-state index contributed by atoms with van der Waals surface area (Å²) < 4.78 is 5.87. The lowest BCUT2D eigenvalue weighted by atomic mass is 10.0. The fraction of sp³-hybridized carbons (Fsp3) is 0.556. The Morgan fingerprint density at radius 2 is 2.21 bits per heavy atom. The number of hydrogen-bond acceptors (Lipinski definition) is 8. The van der Waals surface area contributed by atoms with E-state index in [0.29, 0.717) is 0 Å². The maximum atomic E-state index is 11.6. The van der Waals surface area contributed by atoms with Gasteiger partial charge in [-0.15, -0.1) is 0 Å². The molecule has 1 aromatic rings. The van der Waals surface area contributed by atoms with Crippen LogP contribution in [0.3, 0.4) is 0 Å². The maximum Gasteiger partial charge on any atom is 0.330 e. The molecule has 6 N–H and O–H groups in total. The normalized spacial score (nSPS) is 34.6. The SMILES string of the molecule is O=c1ccn([C@@H]2O[C@H](CO)[C@@H](O)[C@]2(O)NO)c(=O)[nH]1. The number of nitrogens with one attached hydrogen (secondary N) is 2. The van der Waals surface area contributed by atoms with E-state index in [9.17, 15) is 19.8 Å². The van der Waals surface area contributed by atoms with E-state index < -0.39 is 42.0 Å². The maximum absolute atomic E-state index is 11.6. The predicted octanol–water partition coefficient (Wildman–Crippen LogP) is -3.55. The second-order valence-electron chi connectivity index (χ2n) is 4.11. The Morgan fingerprint density at radius 3 is 2.74 bits per heavy atom. The second kappa shape index (κ2) is 4.85. The van der Waals surface area contributed by atoms with E-state index >= 15 is 0 Å². The Bertz CT molecular complexity index is 569. The van der Waals surface area contributed by atoms with Gasteiger partial charge in [-0.1, -0.05) is 0 Å². The smallest absolute Gasteiger partial charge is 0.330 e. The minimum absolute atomic E-state index is 0.639. The van der Waals surface area contributed by atoms with Crippen molar-refractivity contribution < 1.29 is 25.3 Å². The summed E-state index contributed by atoms with van der Waals surface area (Å²) in [5, 5.41) is 37.8. The van der Waals surface area contributed by atoms with Gasteiger partial charge in [-0.05, 0) is 0 Å². The number of aliphatic hydroxyl groups excluding tert-OH is 2. The lowest BCUT2D eigenvalue weighted by Gasteiger charge is -2.29. The molecule has 1 aliphatic rings. The summed E-state index contributed by atoms with van der Waals surface area (Å²) in [5.41, 5.74) is -2.50. The predicted molar refractivity (Wildman–Crippen MR) is 58.2 cm³/mol. The quantitative estimate of drug-likeness (QED) is 0.244. The highest BCUT2D eigenvalue weighted by Gasteiger charge is 2.56. The molecule has 0 radical (unpaired) electrons. The highest BCUT2D eigenvalue weighted by molar-refractivity contribution is 5.00.